The van der Waals surface area contributed by atoms with Crippen molar-refractivity contribution < 1.29 is 8.78 Å². The first-order valence-corrected chi connectivity index (χ1v) is 6.47. The average molecular weight is 298 g/mol. The highest BCUT2D eigenvalue weighted by molar-refractivity contribution is 5.91. The SMILES string of the molecule is O=c1[nH]c2c(F)cccc2c2nc(-c3cccc(F)c3)nn12. The van der Waals surface area contributed by atoms with E-state index in [0.717, 1.165) is 4.52 Å². The third-order valence-corrected chi connectivity index (χ3v) is 3.37. The normalized spacial score (nSPS) is 11.4. The molecule has 0 aliphatic carbocycles. The molecule has 0 saturated heterocycles. The van der Waals surface area contributed by atoms with E-state index in [1.807, 2.05) is 0 Å². The van der Waals surface area contributed by atoms with Gasteiger partial charge in [-0.05, 0) is 24.3 Å². The number of hydrogen-bond donors (Lipinski definition) is 1. The van der Waals surface area contributed by atoms with Crippen LogP contribution in [0.25, 0.3) is 27.9 Å². The fourth-order valence-electron chi connectivity index (χ4n) is 2.38. The van der Waals surface area contributed by atoms with Gasteiger partial charge >= 0.3 is 5.69 Å². The molecule has 2 aromatic heterocycles. The number of nitrogens with one attached hydrogen (secondary N) is 1. The standard InChI is InChI=1S/C15H8F2N4O/c16-9-4-1-3-8(7-9)13-19-14-10-5-2-6-11(17)12(10)18-15(22)21(14)20-13/h1-7H,(H,18,22). The summed E-state index contributed by atoms with van der Waals surface area (Å²) < 4.78 is 28.2. The third-order valence-electron chi connectivity index (χ3n) is 3.37. The summed E-state index contributed by atoms with van der Waals surface area (Å²) in [4.78, 5) is 18.7. The van der Waals surface area contributed by atoms with Crippen LogP contribution >= 0.6 is 0 Å². The quantitative estimate of drug-likeness (QED) is 0.587. The van der Waals surface area contributed by atoms with Gasteiger partial charge in [0.1, 0.15) is 11.6 Å². The Kier molecular flexibility index (Phi) is 2.56. The van der Waals surface area contributed by atoms with Gasteiger partial charge in [0, 0.05) is 10.9 Å². The Morgan fingerprint density at radius 3 is 2.73 bits per heavy atom. The smallest absolute Gasteiger partial charge is 0.303 e. The Morgan fingerprint density at radius 1 is 1.09 bits per heavy atom. The Bertz CT molecular complexity index is 1080. The first-order valence-electron chi connectivity index (χ1n) is 6.47. The molecule has 0 radical (unpaired) electrons. The molecular weight excluding hydrogens is 290 g/mol. The van der Waals surface area contributed by atoms with Crippen molar-refractivity contribution in [2.24, 2.45) is 0 Å². The molecule has 1 N–H and O–H groups in total. The highest BCUT2D eigenvalue weighted by Gasteiger charge is 2.14. The van der Waals surface area contributed by atoms with Crippen molar-refractivity contribution in [1.82, 2.24) is 19.6 Å². The lowest BCUT2D eigenvalue weighted by atomic mass is 10.2. The minimum Gasteiger partial charge on any atom is -0.303 e. The minimum absolute atomic E-state index is 0.0678. The van der Waals surface area contributed by atoms with Crippen molar-refractivity contribution in [2.45, 2.75) is 0 Å². The number of hydrogen-bond acceptors (Lipinski definition) is 3. The maximum Gasteiger partial charge on any atom is 0.348 e. The number of benzene rings is 2. The second-order valence-electron chi connectivity index (χ2n) is 4.77. The van der Waals surface area contributed by atoms with Crippen LogP contribution in [0.5, 0.6) is 0 Å². The summed E-state index contributed by atoms with van der Waals surface area (Å²) in [6.45, 7) is 0. The molecular formula is C15H8F2N4O. The minimum atomic E-state index is -0.609. The van der Waals surface area contributed by atoms with Gasteiger partial charge < -0.3 is 4.98 Å². The highest BCUT2D eigenvalue weighted by atomic mass is 19.1. The number of fused-ring (bicyclic) bond motifs is 3. The molecule has 22 heavy (non-hydrogen) atoms. The summed E-state index contributed by atoms with van der Waals surface area (Å²) in [5.74, 6) is -0.782. The molecule has 0 aliphatic rings. The molecule has 2 heterocycles. The second-order valence-corrected chi connectivity index (χ2v) is 4.77. The van der Waals surface area contributed by atoms with Crippen LogP contribution in [0, 0.1) is 11.6 Å². The third kappa shape index (κ3) is 1.79. The van der Waals surface area contributed by atoms with E-state index in [0.29, 0.717) is 10.9 Å². The average Bonchev–Trinajstić information content (AvgIpc) is 2.95. The van der Waals surface area contributed by atoms with Gasteiger partial charge in [-0.25, -0.2) is 18.6 Å². The van der Waals surface area contributed by atoms with Crippen molar-refractivity contribution in [3.63, 3.8) is 0 Å². The molecule has 0 bridgehead atoms. The van der Waals surface area contributed by atoms with Gasteiger partial charge in [0.2, 0.25) is 0 Å². The second kappa shape index (κ2) is 4.45. The zero-order valence-electron chi connectivity index (χ0n) is 11.0. The van der Waals surface area contributed by atoms with Crippen LogP contribution in [0.3, 0.4) is 0 Å². The maximum absolute atomic E-state index is 13.8. The molecule has 5 nitrogen and oxygen atoms in total. The molecule has 2 aromatic carbocycles. The first kappa shape index (κ1) is 12.6. The van der Waals surface area contributed by atoms with E-state index < -0.39 is 17.3 Å². The zero-order valence-corrected chi connectivity index (χ0v) is 11.0. The number of aromatic nitrogens is 4. The summed E-state index contributed by atoms with van der Waals surface area (Å²) in [5.41, 5.74) is 0.117. The van der Waals surface area contributed by atoms with Crippen molar-refractivity contribution in [1.29, 1.82) is 0 Å². The molecule has 0 spiro atoms. The Labute approximate surface area is 121 Å². The summed E-state index contributed by atoms with van der Waals surface area (Å²) in [5, 5.41) is 4.50. The summed E-state index contributed by atoms with van der Waals surface area (Å²) in [6, 6.07) is 10.1. The predicted molar refractivity (Wildman–Crippen MR) is 76.5 cm³/mol. The van der Waals surface area contributed by atoms with E-state index in [4.69, 9.17) is 0 Å². The maximum atomic E-state index is 13.8. The fraction of sp³-hybridized carbons (Fsp3) is 0. The molecule has 0 atom stereocenters. The van der Waals surface area contributed by atoms with Crippen LogP contribution in [0.15, 0.2) is 47.3 Å². The van der Waals surface area contributed by atoms with Crippen LogP contribution in [0.1, 0.15) is 0 Å². The van der Waals surface area contributed by atoms with Crippen molar-refractivity contribution >= 4 is 16.6 Å². The number of nitrogens with zero attached hydrogens (tertiary/aromatic N) is 3. The summed E-state index contributed by atoms with van der Waals surface area (Å²) in [7, 11) is 0. The molecule has 0 unspecified atom stereocenters. The van der Waals surface area contributed by atoms with E-state index in [1.165, 1.54) is 30.3 Å². The number of para-hydroxylation sites is 1. The molecule has 7 heteroatoms. The Balaban J connectivity index is 2.09. The van der Waals surface area contributed by atoms with Gasteiger partial charge in [-0.3, -0.25) is 0 Å². The van der Waals surface area contributed by atoms with Gasteiger partial charge in [-0.2, -0.15) is 4.52 Å². The van der Waals surface area contributed by atoms with Gasteiger partial charge in [-0.1, -0.05) is 18.2 Å². The molecule has 4 rings (SSSR count). The lowest BCUT2D eigenvalue weighted by molar-refractivity contribution is 0.628. The predicted octanol–water partition coefficient (Wildman–Crippen LogP) is 2.52. The van der Waals surface area contributed by atoms with Crippen molar-refractivity contribution in [2.75, 3.05) is 0 Å². The number of halogens is 2. The van der Waals surface area contributed by atoms with E-state index >= 15 is 0 Å². The van der Waals surface area contributed by atoms with Gasteiger partial charge in [0.05, 0.1) is 5.52 Å². The van der Waals surface area contributed by atoms with Gasteiger partial charge in [0.15, 0.2) is 11.5 Å². The summed E-state index contributed by atoms with van der Waals surface area (Å²) >= 11 is 0. The Hall–Kier alpha value is -3.09. The molecule has 108 valence electrons. The van der Waals surface area contributed by atoms with Crippen LogP contribution in [-0.4, -0.2) is 19.6 Å². The van der Waals surface area contributed by atoms with Gasteiger partial charge in [-0.15, -0.1) is 5.10 Å². The first-order chi connectivity index (χ1) is 10.6. The Morgan fingerprint density at radius 2 is 1.91 bits per heavy atom. The summed E-state index contributed by atoms with van der Waals surface area (Å²) in [6.07, 6.45) is 0. The largest absolute Gasteiger partial charge is 0.348 e. The lowest BCUT2D eigenvalue weighted by Crippen LogP contribution is -2.17. The number of rotatable bonds is 1. The zero-order chi connectivity index (χ0) is 15.3. The van der Waals surface area contributed by atoms with Crippen LogP contribution in [-0.2, 0) is 0 Å². The van der Waals surface area contributed by atoms with Crippen LogP contribution in [0.4, 0.5) is 8.78 Å². The lowest BCUT2D eigenvalue weighted by Gasteiger charge is -1.99. The molecule has 0 amide bonds. The number of aromatic amines is 1. The van der Waals surface area contributed by atoms with Crippen LogP contribution < -0.4 is 5.69 Å². The topological polar surface area (TPSA) is 63.0 Å². The van der Waals surface area contributed by atoms with E-state index in [-0.39, 0.29) is 17.0 Å². The molecule has 4 aromatic rings. The van der Waals surface area contributed by atoms with E-state index in [9.17, 15) is 13.6 Å². The molecule has 0 fully saturated rings. The van der Waals surface area contributed by atoms with Gasteiger partial charge in [0.25, 0.3) is 0 Å². The van der Waals surface area contributed by atoms with Crippen molar-refractivity contribution in [3.05, 3.63) is 64.6 Å². The highest BCUT2D eigenvalue weighted by Crippen LogP contribution is 2.21. The van der Waals surface area contributed by atoms with E-state index in [1.54, 1.807) is 12.1 Å². The fourth-order valence-corrected chi connectivity index (χ4v) is 2.38. The number of H-pyrrole nitrogens is 1. The van der Waals surface area contributed by atoms with Crippen molar-refractivity contribution in [3.8, 4) is 11.4 Å². The molecule has 0 aliphatic heterocycles. The van der Waals surface area contributed by atoms with Crippen LogP contribution in [0.2, 0.25) is 0 Å². The van der Waals surface area contributed by atoms with E-state index in [2.05, 4.69) is 15.1 Å². The molecule has 0 saturated carbocycles. The monoisotopic (exact) mass is 298 g/mol.